The molecule has 0 aliphatic carbocycles. The van der Waals surface area contributed by atoms with Gasteiger partial charge in [0.2, 0.25) is 0 Å². The van der Waals surface area contributed by atoms with E-state index in [-0.39, 0.29) is 22.6 Å². The summed E-state index contributed by atoms with van der Waals surface area (Å²) in [6.07, 6.45) is -1.44. The Balaban J connectivity index is 2.01. The first kappa shape index (κ1) is 14.1. The van der Waals surface area contributed by atoms with Crippen LogP contribution in [0.5, 0.6) is 11.5 Å². The second-order valence-corrected chi connectivity index (χ2v) is 4.83. The van der Waals surface area contributed by atoms with Crippen molar-refractivity contribution in [2.75, 3.05) is 0 Å². The molecule has 0 saturated carbocycles. The highest BCUT2D eigenvalue weighted by atomic mass is 19.1. The summed E-state index contributed by atoms with van der Waals surface area (Å²) in [6.45, 7) is 1.66. The maximum atomic E-state index is 13.7. The number of hydrogen-bond donors (Lipinski definition) is 1. The largest absolute Gasteiger partial charge is 0.476 e. The third kappa shape index (κ3) is 2.28. The summed E-state index contributed by atoms with van der Waals surface area (Å²) in [7, 11) is 0. The van der Waals surface area contributed by atoms with Gasteiger partial charge in [-0.25, -0.2) is 9.18 Å². The van der Waals surface area contributed by atoms with Crippen molar-refractivity contribution < 1.29 is 28.6 Å². The lowest BCUT2D eigenvalue weighted by Crippen LogP contribution is -2.28. The molecule has 0 fully saturated rings. The van der Waals surface area contributed by atoms with Gasteiger partial charge in [0.1, 0.15) is 5.82 Å². The molecule has 1 atom stereocenters. The molecule has 0 spiro atoms. The van der Waals surface area contributed by atoms with Crippen molar-refractivity contribution in [3.05, 3.63) is 58.9 Å². The Morgan fingerprint density at radius 2 is 1.73 bits per heavy atom. The molecule has 112 valence electrons. The highest BCUT2D eigenvalue weighted by Crippen LogP contribution is 2.37. The molecule has 1 aliphatic heterocycles. The van der Waals surface area contributed by atoms with Crippen LogP contribution in [0.2, 0.25) is 0 Å². The molecule has 0 radical (unpaired) electrons. The number of carboxylic acid groups (broad SMARTS) is 1. The fourth-order valence-electron chi connectivity index (χ4n) is 2.24. The molecule has 22 heavy (non-hydrogen) atoms. The number of halogens is 1. The minimum Gasteiger partial charge on any atom is -0.476 e. The van der Waals surface area contributed by atoms with E-state index in [1.807, 2.05) is 0 Å². The van der Waals surface area contributed by atoms with Crippen LogP contribution in [0.4, 0.5) is 4.39 Å². The summed E-state index contributed by atoms with van der Waals surface area (Å²) in [5, 5.41) is 8.88. The van der Waals surface area contributed by atoms with E-state index < -0.39 is 23.9 Å². The van der Waals surface area contributed by atoms with Crippen molar-refractivity contribution in [1.82, 2.24) is 0 Å². The maximum absolute atomic E-state index is 13.7. The monoisotopic (exact) mass is 302 g/mol. The second-order valence-electron chi connectivity index (χ2n) is 4.83. The van der Waals surface area contributed by atoms with E-state index in [1.54, 1.807) is 13.0 Å². The van der Waals surface area contributed by atoms with Crippen molar-refractivity contribution in [2.45, 2.75) is 13.2 Å². The lowest BCUT2D eigenvalue weighted by Gasteiger charge is -2.07. The SMILES string of the molecule is Cc1cc2c(cc1C(=O)c1ccccc1F)OC(C(=O)O)O2. The van der Waals surface area contributed by atoms with Crippen molar-refractivity contribution >= 4 is 11.8 Å². The van der Waals surface area contributed by atoms with Gasteiger partial charge >= 0.3 is 12.3 Å². The number of hydrogen-bond acceptors (Lipinski definition) is 4. The number of ether oxygens (including phenoxy) is 2. The molecule has 0 bridgehead atoms. The summed E-state index contributed by atoms with van der Waals surface area (Å²) in [6, 6.07) is 8.54. The van der Waals surface area contributed by atoms with Crippen molar-refractivity contribution in [3.63, 3.8) is 0 Å². The summed E-state index contributed by atoms with van der Waals surface area (Å²) in [5.74, 6) is -1.99. The van der Waals surface area contributed by atoms with Crippen LogP contribution in [-0.4, -0.2) is 23.1 Å². The lowest BCUT2D eigenvalue weighted by atomic mass is 9.98. The standard InChI is InChI=1S/C16H11FO5/c1-8-6-12-13(22-16(21-12)15(19)20)7-10(8)14(18)9-4-2-3-5-11(9)17/h2-7,16H,1H3,(H,19,20). The number of fused-ring (bicyclic) bond motifs is 1. The fourth-order valence-corrected chi connectivity index (χ4v) is 2.24. The Kier molecular flexibility index (Phi) is 3.29. The number of carbonyl (C=O) groups is 2. The van der Waals surface area contributed by atoms with Crippen LogP contribution in [0.15, 0.2) is 36.4 Å². The van der Waals surface area contributed by atoms with Gasteiger partial charge in [0.15, 0.2) is 17.3 Å². The summed E-state index contributed by atoms with van der Waals surface area (Å²) >= 11 is 0. The van der Waals surface area contributed by atoms with E-state index >= 15 is 0 Å². The Hall–Kier alpha value is -2.89. The van der Waals surface area contributed by atoms with Crippen LogP contribution < -0.4 is 9.47 Å². The molecule has 6 heteroatoms. The Morgan fingerprint density at radius 1 is 1.09 bits per heavy atom. The van der Waals surface area contributed by atoms with Crippen LogP contribution >= 0.6 is 0 Å². The molecule has 5 nitrogen and oxygen atoms in total. The number of rotatable bonds is 3. The van der Waals surface area contributed by atoms with Gasteiger partial charge in [-0.2, -0.15) is 0 Å². The van der Waals surface area contributed by atoms with Crippen LogP contribution in [0.1, 0.15) is 21.5 Å². The number of ketones is 1. The zero-order valence-electron chi connectivity index (χ0n) is 11.5. The number of aryl methyl sites for hydroxylation is 1. The Bertz CT molecular complexity index is 784. The van der Waals surface area contributed by atoms with E-state index in [2.05, 4.69) is 0 Å². The van der Waals surface area contributed by atoms with Crippen LogP contribution in [0.25, 0.3) is 0 Å². The molecule has 1 N–H and O–H groups in total. The second kappa shape index (κ2) is 5.14. The fraction of sp³-hybridized carbons (Fsp3) is 0.125. The minimum atomic E-state index is -1.44. The van der Waals surface area contributed by atoms with E-state index in [9.17, 15) is 14.0 Å². The average molecular weight is 302 g/mol. The molecular formula is C16H11FO5. The predicted octanol–water partition coefficient (Wildman–Crippen LogP) is 2.55. The first-order valence-electron chi connectivity index (χ1n) is 6.47. The van der Waals surface area contributed by atoms with Gasteiger partial charge in [0, 0.05) is 5.56 Å². The molecule has 0 aromatic heterocycles. The summed E-state index contributed by atoms with van der Waals surface area (Å²) < 4.78 is 24.0. The van der Waals surface area contributed by atoms with Gasteiger partial charge in [0.25, 0.3) is 0 Å². The molecule has 1 heterocycles. The highest BCUT2D eigenvalue weighted by molar-refractivity contribution is 6.10. The number of carbonyl (C=O) groups excluding carboxylic acids is 1. The topological polar surface area (TPSA) is 72.8 Å². The van der Waals surface area contributed by atoms with Gasteiger partial charge in [0.05, 0.1) is 5.56 Å². The van der Waals surface area contributed by atoms with Crippen molar-refractivity contribution in [3.8, 4) is 11.5 Å². The van der Waals surface area contributed by atoms with Gasteiger partial charge < -0.3 is 14.6 Å². The highest BCUT2D eigenvalue weighted by Gasteiger charge is 2.32. The quantitative estimate of drug-likeness (QED) is 0.882. The number of aliphatic carboxylic acids is 1. The Morgan fingerprint density at radius 3 is 2.36 bits per heavy atom. The normalized spacial score (nSPS) is 15.6. The van der Waals surface area contributed by atoms with Crippen LogP contribution in [0, 0.1) is 12.7 Å². The van der Waals surface area contributed by atoms with E-state index in [0.717, 1.165) is 0 Å². The molecule has 1 aliphatic rings. The van der Waals surface area contributed by atoms with E-state index in [4.69, 9.17) is 14.6 Å². The third-order valence-electron chi connectivity index (χ3n) is 3.32. The lowest BCUT2D eigenvalue weighted by molar-refractivity contribution is -0.154. The number of benzene rings is 2. The summed E-state index contributed by atoms with van der Waals surface area (Å²) in [5.41, 5.74) is 0.722. The van der Waals surface area contributed by atoms with E-state index in [0.29, 0.717) is 5.56 Å². The first-order valence-corrected chi connectivity index (χ1v) is 6.47. The maximum Gasteiger partial charge on any atom is 0.387 e. The molecule has 0 saturated heterocycles. The van der Waals surface area contributed by atoms with Gasteiger partial charge in [-0.15, -0.1) is 0 Å². The molecule has 2 aromatic rings. The molecular weight excluding hydrogens is 291 g/mol. The zero-order chi connectivity index (χ0) is 15.9. The van der Waals surface area contributed by atoms with Crippen molar-refractivity contribution in [2.24, 2.45) is 0 Å². The van der Waals surface area contributed by atoms with Gasteiger partial charge in [-0.05, 0) is 36.8 Å². The first-order chi connectivity index (χ1) is 10.5. The van der Waals surface area contributed by atoms with Gasteiger partial charge in [-0.3, -0.25) is 4.79 Å². The van der Waals surface area contributed by atoms with Gasteiger partial charge in [-0.1, -0.05) is 12.1 Å². The minimum absolute atomic E-state index is 0.0563. The third-order valence-corrected chi connectivity index (χ3v) is 3.32. The van der Waals surface area contributed by atoms with Crippen molar-refractivity contribution in [1.29, 1.82) is 0 Å². The molecule has 2 aromatic carbocycles. The van der Waals surface area contributed by atoms with Crippen LogP contribution in [0.3, 0.4) is 0 Å². The zero-order valence-corrected chi connectivity index (χ0v) is 11.5. The predicted molar refractivity (Wildman–Crippen MR) is 73.7 cm³/mol. The molecule has 1 unspecified atom stereocenters. The Labute approximate surface area is 124 Å². The average Bonchev–Trinajstić information content (AvgIpc) is 2.89. The van der Waals surface area contributed by atoms with E-state index in [1.165, 1.54) is 30.3 Å². The van der Waals surface area contributed by atoms with Crippen LogP contribution in [-0.2, 0) is 4.79 Å². The number of carboxylic acids is 1. The molecule has 0 amide bonds. The molecule has 3 rings (SSSR count). The summed E-state index contributed by atoms with van der Waals surface area (Å²) in [4.78, 5) is 23.3. The smallest absolute Gasteiger partial charge is 0.387 e.